The molecule has 2 nitrogen and oxygen atoms in total. The van der Waals surface area contributed by atoms with Crippen LogP contribution in [-0.2, 0) is 4.74 Å². The lowest BCUT2D eigenvalue weighted by Gasteiger charge is -2.40. The van der Waals surface area contributed by atoms with Crippen LogP contribution in [0.15, 0.2) is 30.3 Å². The molecular weight excluding hydrogens is 246 g/mol. The molecule has 2 rings (SSSR count). The Morgan fingerprint density at radius 3 is 2.45 bits per heavy atom. The Bertz CT molecular complexity index is 415. The smallest absolute Gasteiger partial charge is 0.0743 e. The van der Waals surface area contributed by atoms with E-state index in [4.69, 9.17) is 10.5 Å². The van der Waals surface area contributed by atoms with Gasteiger partial charge in [-0.05, 0) is 43.1 Å². The number of hydrogen-bond donors (Lipinski definition) is 1. The zero-order chi connectivity index (χ0) is 14.8. The molecule has 1 fully saturated rings. The Kier molecular flexibility index (Phi) is 4.87. The summed E-state index contributed by atoms with van der Waals surface area (Å²) in [5.74, 6) is 0.740. The van der Waals surface area contributed by atoms with Crippen LogP contribution in [0.25, 0.3) is 0 Å². The van der Waals surface area contributed by atoms with Crippen LogP contribution in [0, 0.1) is 11.3 Å². The van der Waals surface area contributed by atoms with Crippen molar-refractivity contribution in [1.82, 2.24) is 0 Å². The van der Waals surface area contributed by atoms with Gasteiger partial charge in [0.1, 0.15) is 0 Å². The Hall–Kier alpha value is -0.860. The lowest BCUT2D eigenvalue weighted by atomic mass is 9.71. The molecular formula is C18H29NO. The second-order valence-corrected chi connectivity index (χ2v) is 7.31. The van der Waals surface area contributed by atoms with Gasteiger partial charge in [0.05, 0.1) is 18.2 Å². The van der Waals surface area contributed by atoms with Gasteiger partial charge in [0.2, 0.25) is 0 Å². The third-order valence-electron chi connectivity index (χ3n) is 4.44. The van der Waals surface area contributed by atoms with Gasteiger partial charge < -0.3 is 10.5 Å². The maximum Gasteiger partial charge on any atom is 0.0743 e. The van der Waals surface area contributed by atoms with Crippen LogP contribution in [0.4, 0.5) is 0 Å². The van der Waals surface area contributed by atoms with Gasteiger partial charge in [-0.3, -0.25) is 0 Å². The molecule has 112 valence electrons. The number of ether oxygens (including phenoxy) is 1. The fourth-order valence-corrected chi connectivity index (χ4v) is 3.70. The summed E-state index contributed by atoms with van der Waals surface area (Å²) in [6, 6.07) is 10.2. The fourth-order valence-electron chi connectivity index (χ4n) is 3.70. The summed E-state index contributed by atoms with van der Waals surface area (Å²) in [7, 11) is 0. The van der Waals surface area contributed by atoms with E-state index in [2.05, 4.69) is 39.8 Å². The Balaban J connectivity index is 1.95. The van der Waals surface area contributed by atoms with Crippen molar-refractivity contribution in [2.45, 2.75) is 65.2 Å². The second kappa shape index (κ2) is 6.28. The first-order valence-corrected chi connectivity index (χ1v) is 7.83. The first-order chi connectivity index (χ1) is 9.37. The van der Waals surface area contributed by atoms with Crippen LogP contribution in [0.1, 0.15) is 58.6 Å². The molecule has 2 N–H and O–H groups in total. The Labute approximate surface area is 123 Å². The van der Waals surface area contributed by atoms with Crippen LogP contribution in [0.3, 0.4) is 0 Å². The SMILES string of the molecule is CC1CC(OC(C)C(N)c2ccccc2)CC(C)(C)C1. The minimum atomic E-state index is -0.0449. The van der Waals surface area contributed by atoms with Gasteiger partial charge in [-0.2, -0.15) is 0 Å². The Morgan fingerprint density at radius 2 is 1.85 bits per heavy atom. The van der Waals surface area contributed by atoms with E-state index in [1.165, 1.54) is 6.42 Å². The van der Waals surface area contributed by atoms with Gasteiger partial charge in [-0.15, -0.1) is 0 Å². The molecule has 1 saturated carbocycles. The highest BCUT2D eigenvalue weighted by atomic mass is 16.5. The molecule has 0 saturated heterocycles. The summed E-state index contributed by atoms with van der Waals surface area (Å²) in [5, 5.41) is 0. The summed E-state index contributed by atoms with van der Waals surface area (Å²) in [5.41, 5.74) is 7.88. The average molecular weight is 275 g/mol. The molecule has 0 radical (unpaired) electrons. The maximum absolute atomic E-state index is 6.33. The van der Waals surface area contributed by atoms with Crippen LogP contribution in [-0.4, -0.2) is 12.2 Å². The second-order valence-electron chi connectivity index (χ2n) is 7.31. The Morgan fingerprint density at radius 1 is 1.20 bits per heavy atom. The molecule has 1 aliphatic rings. The normalized spacial score (nSPS) is 28.9. The van der Waals surface area contributed by atoms with Crippen molar-refractivity contribution in [3.8, 4) is 0 Å². The first kappa shape index (κ1) is 15.5. The highest BCUT2D eigenvalue weighted by Gasteiger charge is 2.34. The molecule has 0 aliphatic heterocycles. The van der Waals surface area contributed by atoms with Crippen LogP contribution < -0.4 is 5.73 Å². The standard InChI is InChI=1S/C18H29NO/c1-13-10-16(12-18(3,4)11-13)20-14(2)17(19)15-8-6-5-7-9-15/h5-9,13-14,16-17H,10-12,19H2,1-4H3. The minimum absolute atomic E-state index is 0.0449. The largest absolute Gasteiger partial charge is 0.373 e. The van der Waals surface area contributed by atoms with Gasteiger partial charge in [-0.25, -0.2) is 0 Å². The highest BCUT2D eigenvalue weighted by Crippen LogP contribution is 2.40. The van der Waals surface area contributed by atoms with Crippen LogP contribution in [0.2, 0.25) is 0 Å². The average Bonchev–Trinajstić information content (AvgIpc) is 2.36. The fraction of sp³-hybridized carbons (Fsp3) is 0.667. The number of nitrogens with two attached hydrogens (primary N) is 1. The van der Waals surface area contributed by atoms with E-state index in [0.717, 1.165) is 24.3 Å². The molecule has 0 bridgehead atoms. The van der Waals surface area contributed by atoms with Crippen molar-refractivity contribution < 1.29 is 4.74 Å². The van der Waals surface area contributed by atoms with Gasteiger partial charge in [0.25, 0.3) is 0 Å². The molecule has 0 spiro atoms. The van der Waals surface area contributed by atoms with Gasteiger partial charge >= 0.3 is 0 Å². The van der Waals surface area contributed by atoms with Crippen LogP contribution >= 0.6 is 0 Å². The topological polar surface area (TPSA) is 35.2 Å². The quantitative estimate of drug-likeness (QED) is 0.889. The minimum Gasteiger partial charge on any atom is -0.373 e. The predicted molar refractivity (Wildman–Crippen MR) is 84.5 cm³/mol. The van der Waals surface area contributed by atoms with Gasteiger partial charge in [-0.1, -0.05) is 51.1 Å². The van der Waals surface area contributed by atoms with E-state index in [0.29, 0.717) is 11.5 Å². The predicted octanol–water partition coefficient (Wildman–Crippen LogP) is 4.31. The number of benzene rings is 1. The van der Waals surface area contributed by atoms with E-state index >= 15 is 0 Å². The van der Waals surface area contributed by atoms with Crippen molar-refractivity contribution >= 4 is 0 Å². The summed E-state index contributed by atoms with van der Waals surface area (Å²) in [4.78, 5) is 0. The van der Waals surface area contributed by atoms with E-state index in [1.807, 2.05) is 18.2 Å². The molecule has 1 aromatic carbocycles. The van der Waals surface area contributed by atoms with Crippen molar-refractivity contribution in [1.29, 1.82) is 0 Å². The van der Waals surface area contributed by atoms with E-state index in [9.17, 15) is 0 Å². The molecule has 0 amide bonds. The number of hydrogen-bond acceptors (Lipinski definition) is 2. The van der Waals surface area contributed by atoms with Crippen molar-refractivity contribution in [3.05, 3.63) is 35.9 Å². The van der Waals surface area contributed by atoms with E-state index in [1.54, 1.807) is 0 Å². The van der Waals surface area contributed by atoms with Crippen LogP contribution in [0.5, 0.6) is 0 Å². The number of rotatable bonds is 4. The molecule has 2 heteroatoms. The molecule has 0 heterocycles. The van der Waals surface area contributed by atoms with Gasteiger partial charge in [0.15, 0.2) is 0 Å². The molecule has 0 aromatic heterocycles. The molecule has 4 unspecified atom stereocenters. The monoisotopic (exact) mass is 275 g/mol. The van der Waals surface area contributed by atoms with Gasteiger partial charge in [0, 0.05) is 0 Å². The third kappa shape index (κ3) is 4.07. The zero-order valence-electron chi connectivity index (χ0n) is 13.3. The third-order valence-corrected chi connectivity index (χ3v) is 4.44. The van der Waals surface area contributed by atoms with E-state index < -0.39 is 0 Å². The summed E-state index contributed by atoms with van der Waals surface area (Å²) in [6.45, 7) is 9.13. The molecule has 20 heavy (non-hydrogen) atoms. The lowest BCUT2D eigenvalue weighted by Crippen LogP contribution is -2.37. The molecule has 1 aromatic rings. The molecule has 1 aliphatic carbocycles. The zero-order valence-corrected chi connectivity index (χ0v) is 13.3. The maximum atomic E-state index is 6.33. The molecule has 4 atom stereocenters. The summed E-state index contributed by atoms with van der Waals surface area (Å²) < 4.78 is 6.29. The first-order valence-electron chi connectivity index (χ1n) is 7.83. The van der Waals surface area contributed by atoms with E-state index in [-0.39, 0.29) is 12.1 Å². The summed E-state index contributed by atoms with van der Waals surface area (Å²) in [6.07, 6.45) is 4.01. The van der Waals surface area contributed by atoms with Crippen molar-refractivity contribution in [2.24, 2.45) is 17.1 Å². The highest BCUT2D eigenvalue weighted by molar-refractivity contribution is 5.19. The summed E-state index contributed by atoms with van der Waals surface area (Å²) >= 11 is 0. The van der Waals surface area contributed by atoms with Crippen molar-refractivity contribution in [3.63, 3.8) is 0 Å². The van der Waals surface area contributed by atoms with Crippen molar-refractivity contribution in [2.75, 3.05) is 0 Å². The lowest BCUT2D eigenvalue weighted by molar-refractivity contribution is -0.0670.